The Morgan fingerprint density at radius 2 is 1.83 bits per heavy atom. The molecular weight excluding hydrogens is 458 g/mol. The standard InChI is InChI=1S/C26H23N7O3/c1-14(34)25-18-9-20(17-10-28-15(2)29-11-17)30-12-23(18)32(31-25)13-24(35)33-21-7-16(21)8-22(33)26(36)19-5-3-4-6-27-19/h3-6,9-12,16,21-22H,7-8,13H2,1-2H3/t16-,21-,22+/m1/s1. The zero-order valence-corrected chi connectivity index (χ0v) is 19.8. The van der Waals surface area contributed by atoms with E-state index in [1.807, 2.05) is 0 Å². The van der Waals surface area contributed by atoms with Crippen LogP contribution < -0.4 is 0 Å². The van der Waals surface area contributed by atoms with E-state index in [2.05, 4.69) is 25.0 Å². The Morgan fingerprint density at radius 1 is 1.03 bits per heavy atom. The summed E-state index contributed by atoms with van der Waals surface area (Å²) in [6.07, 6.45) is 8.09. The summed E-state index contributed by atoms with van der Waals surface area (Å²) >= 11 is 0. The number of fused-ring (bicyclic) bond motifs is 2. The van der Waals surface area contributed by atoms with E-state index in [4.69, 9.17) is 0 Å². The van der Waals surface area contributed by atoms with Crippen molar-refractivity contribution in [1.29, 1.82) is 0 Å². The summed E-state index contributed by atoms with van der Waals surface area (Å²) in [4.78, 5) is 57.9. The number of amides is 1. The van der Waals surface area contributed by atoms with E-state index in [0.717, 1.165) is 6.42 Å². The van der Waals surface area contributed by atoms with Crippen molar-refractivity contribution in [2.45, 2.75) is 45.3 Å². The molecule has 180 valence electrons. The molecule has 0 radical (unpaired) electrons. The zero-order valence-electron chi connectivity index (χ0n) is 19.8. The van der Waals surface area contributed by atoms with Crippen molar-refractivity contribution in [2.75, 3.05) is 0 Å². The molecule has 0 N–H and O–H groups in total. The van der Waals surface area contributed by atoms with Gasteiger partial charge in [0.2, 0.25) is 11.7 Å². The smallest absolute Gasteiger partial charge is 0.245 e. The number of Topliss-reactive ketones (excluding diaryl/α,β-unsaturated/α-hetero) is 2. The van der Waals surface area contributed by atoms with E-state index in [-0.39, 0.29) is 35.8 Å². The molecule has 0 unspecified atom stereocenters. The van der Waals surface area contributed by atoms with Gasteiger partial charge in [-0.1, -0.05) is 6.07 Å². The third-order valence-corrected chi connectivity index (χ3v) is 6.94. The fourth-order valence-electron chi connectivity index (χ4n) is 5.07. The number of nitrogens with zero attached hydrogens (tertiary/aromatic N) is 7. The average molecular weight is 482 g/mol. The van der Waals surface area contributed by atoms with Crippen molar-refractivity contribution >= 4 is 28.4 Å². The van der Waals surface area contributed by atoms with Gasteiger partial charge >= 0.3 is 0 Å². The molecular formula is C26H23N7O3. The Bertz CT molecular complexity index is 1510. The maximum atomic E-state index is 13.5. The molecule has 1 aliphatic carbocycles. The van der Waals surface area contributed by atoms with E-state index < -0.39 is 6.04 Å². The number of aryl methyl sites for hydroxylation is 1. The molecule has 3 atom stereocenters. The quantitative estimate of drug-likeness (QED) is 0.385. The molecule has 4 aromatic rings. The zero-order chi connectivity index (χ0) is 25.0. The molecule has 0 bridgehead atoms. The minimum Gasteiger partial charge on any atom is -0.327 e. The number of piperidine rings is 1. The van der Waals surface area contributed by atoms with Gasteiger partial charge < -0.3 is 4.90 Å². The van der Waals surface area contributed by atoms with Crippen LogP contribution in [0.4, 0.5) is 0 Å². The maximum absolute atomic E-state index is 13.5. The van der Waals surface area contributed by atoms with Crippen molar-refractivity contribution in [2.24, 2.45) is 5.92 Å². The van der Waals surface area contributed by atoms with Crippen LogP contribution in [0.5, 0.6) is 0 Å². The summed E-state index contributed by atoms with van der Waals surface area (Å²) in [5, 5.41) is 5.07. The van der Waals surface area contributed by atoms with Crippen LogP contribution in [-0.2, 0) is 11.3 Å². The van der Waals surface area contributed by atoms with E-state index in [9.17, 15) is 14.4 Å². The van der Waals surface area contributed by atoms with E-state index in [1.165, 1.54) is 11.6 Å². The molecule has 1 aliphatic heterocycles. The SMILES string of the molecule is CC(=O)c1nn(CC(=O)N2[C@@H]3C[C@@H]3C[C@H]2C(=O)c2ccccn2)c2cnc(-c3cnc(C)nc3)cc12. The number of carbonyl (C=O) groups excluding carboxylic acids is 3. The number of carbonyl (C=O) groups is 3. The molecule has 1 saturated heterocycles. The van der Waals surface area contributed by atoms with Crippen LogP contribution in [0, 0.1) is 12.8 Å². The first-order valence-corrected chi connectivity index (χ1v) is 11.8. The van der Waals surface area contributed by atoms with Crippen LogP contribution in [0.25, 0.3) is 22.2 Å². The van der Waals surface area contributed by atoms with Gasteiger partial charge in [-0.25, -0.2) is 9.97 Å². The lowest BCUT2D eigenvalue weighted by molar-refractivity contribution is -0.133. The van der Waals surface area contributed by atoms with Gasteiger partial charge in [-0.2, -0.15) is 5.10 Å². The third kappa shape index (κ3) is 3.74. The topological polar surface area (TPSA) is 124 Å². The molecule has 5 heterocycles. The van der Waals surface area contributed by atoms with Crippen molar-refractivity contribution in [3.8, 4) is 11.3 Å². The molecule has 10 nitrogen and oxygen atoms in total. The molecule has 4 aromatic heterocycles. The maximum Gasteiger partial charge on any atom is 0.245 e. The Balaban J connectivity index is 1.32. The lowest BCUT2D eigenvalue weighted by Gasteiger charge is -2.26. The molecule has 1 saturated carbocycles. The van der Waals surface area contributed by atoms with Gasteiger partial charge in [0.1, 0.15) is 23.8 Å². The number of likely N-dealkylation sites (tertiary alicyclic amines) is 1. The van der Waals surface area contributed by atoms with Gasteiger partial charge in [0, 0.05) is 42.5 Å². The van der Waals surface area contributed by atoms with Crippen LogP contribution >= 0.6 is 0 Å². The van der Waals surface area contributed by atoms with Gasteiger partial charge in [0.05, 0.1) is 23.4 Å². The monoisotopic (exact) mass is 481 g/mol. The first kappa shape index (κ1) is 22.1. The summed E-state index contributed by atoms with van der Waals surface area (Å²) in [5.74, 6) is 0.433. The van der Waals surface area contributed by atoms with Crippen molar-refractivity contribution in [1.82, 2.24) is 34.6 Å². The highest BCUT2D eigenvalue weighted by atomic mass is 16.2. The molecule has 0 spiro atoms. The van der Waals surface area contributed by atoms with Gasteiger partial charge in [-0.15, -0.1) is 0 Å². The normalized spacial score (nSPS) is 20.4. The summed E-state index contributed by atoms with van der Waals surface area (Å²) in [6, 6.07) is 6.51. The highest BCUT2D eigenvalue weighted by molar-refractivity contribution is 6.06. The van der Waals surface area contributed by atoms with Gasteiger partial charge in [-0.3, -0.25) is 29.0 Å². The molecule has 2 aliphatic rings. The van der Waals surface area contributed by atoms with E-state index in [1.54, 1.807) is 60.9 Å². The lowest BCUT2D eigenvalue weighted by Crippen LogP contribution is -2.45. The highest BCUT2D eigenvalue weighted by Crippen LogP contribution is 2.48. The van der Waals surface area contributed by atoms with Crippen LogP contribution in [0.3, 0.4) is 0 Å². The number of ketones is 2. The van der Waals surface area contributed by atoms with Crippen LogP contribution in [0.15, 0.2) is 49.1 Å². The number of aromatic nitrogens is 6. The lowest BCUT2D eigenvalue weighted by atomic mass is 10.0. The molecule has 0 aromatic carbocycles. The summed E-state index contributed by atoms with van der Waals surface area (Å²) < 4.78 is 1.51. The summed E-state index contributed by atoms with van der Waals surface area (Å²) in [6.45, 7) is 3.15. The fourth-order valence-corrected chi connectivity index (χ4v) is 5.07. The van der Waals surface area contributed by atoms with Crippen molar-refractivity contribution in [3.05, 3.63) is 66.3 Å². The Labute approximate surface area is 206 Å². The second-order valence-corrected chi connectivity index (χ2v) is 9.36. The first-order valence-electron chi connectivity index (χ1n) is 11.8. The van der Waals surface area contributed by atoms with Crippen molar-refractivity contribution in [3.63, 3.8) is 0 Å². The van der Waals surface area contributed by atoms with Crippen LogP contribution in [0.2, 0.25) is 0 Å². The second kappa shape index (κ2) is 8.40. The molecule has 1 amide bonds. The number of hydrogen-bond acceptors (Lipinski definition) is 8. The van der Waals surface area contributed by atoms with Crippen molar-refractivity contribution < 1.29 is 14.4 Å². The minimum atomic E-state index is -0.531. The molecule has 36 heavy (non-hydrogen) atoms. The Kier molecular flexibility index (Phi) is 5.17. The Morgan fingerprint density at radius 3 is 2.56 bits per heavy atom. The predicted octanol–water partition coefficient (Wildman–Crippen LogP) is 2.67. The number of pyridine rings is 2. The number of rotatable bonds is 6. The highest BCUT2D eigenvalue weighted by Gasteiger charge is 2.56. The third-order valence-electron chi connectivity index (χ3n) is 6.94. The van der Waals surface area contributed by atoms with E-state index in [0.29, 0.717) is 46.0 Å². The fraction of sp³-hybridized carbons (Fsp3) is 0.308. The first-order chi connectivity index (χ1) is 17.4. The van der Waals surface area contributed by atoms with E-state index >= 15 is 0 Å². The van der Waals surface area contributed by atoms with Gasteiger partial charge in [0.25, 0.3) is 0 Å². The Hall–Kier alpha value is -4.34. The van der Waals surface area contributed by atoms with Gasteiger partial charge in [-0.05, 0) is 43.9 Å². The molecule has 10 heteroatoms. The van der Waals surface area contributed by atoms with Crippen LogP contribution in [0.1, 0.15) is 46.6 Å². The summed E-state index contributed by atoms with van der Waals surface area (Å²) in [5.41, 5.74) is 2.53. The largest absolute Gasteiger partial charge is 0.327 e. The van der Waals surface area contributed by atoms with Crippen LogP contribution in [-0.4, -0.2) is 64.2 Å². The second-order valence-electron chi connectivity index (χ2n) is 9.36. The van der Waals surface area contributed by atoms with Gasteiger partial charge in [0.15, 0.2) is 5.78 Å². The minimum absolute atomic E-state index is 0.0653. The molecule has 6 rings (SSSR count). The average Bonchev–Trinajstić information content (AvgIpc) is 3.40. The summed E-state index contributed by atoms with van der Waals surface area (Å²) in [7, 11) is 0. The molecule has 2 fully saturated rings. The predicted molar refractivity (Wildman–Crippen MR) is 129 cm³/mol. The number of hydrogen-bond donors (Lipinski definition) is 0.